The minimum Gasteiger partial charge on any atom is -0.294 e. The van der Waals surface area contributed by atoms with Gasteiger partial charge in [0.2, 0.25) is 0 Å². The Bertz CT molecular complexity index is 1630. The van der Waals surface area contributed by atoms with Gasteiger partial charge in [0.25, 0.3) is 0 Å². The molecular weight excluding hydrogens is 727 g/mol. The van der Waals surface area contributed by atoms with E-state index < -0.39 is 0 Å². The topological polar surface area (TPSA) is 29.0 Å². The smallest absolute Gasteiger partial charge is 0.0457 e. The van der Waals surface area contributed by atoms with E-state index in [2.05, 4.69) is 248 Å². The van der Waals surface area contributed by atoms with Crippen LogP contribution in [0.2, 0.25) is 0 Å². The van der Waals surface area contributed by atoms with Crippen molar-refractivity contribution in [3.8, 4) is 0 Å². The monoisotopic (exact) mass is 818 g/mol. The maximum absolute atomic E-state index is 4.52. The van der Waals surface area contributed by atoms with Gasteiger partial charge >= 0.3 is 0 Å². The minimum absolute atomic E-state index is 0.149. The molecule has 0 atom stereocenters. The molecule has 60 heavy (non-hydrogen) atoms. The Morgan fingerprint density at radius 1 is 0.350 bits per heavy atom. The lowest BCUT2D eigenvalue weighted by atomic mass is 9.82. The van der Waals surface area contributed by atoms with Crippen molar-refractivity contribution in [2.24, 2.45) is 0 Å². The predicted octanol–water partition coefficient (Wildman–Crippen LogP) is 15.8. The highest BCUT2D eigenvalue weighted by Gasteiger charge is 2.27. The molecule has 0 radical (unpaired) electrons. The van der Waals surface area contributed by atoms with Crippen molar-refractivity contribution in [1.29, 1.82) is 0 Å². The van der Waals surface area contributed by atoms with Gasteiger partial charge in [-0.1, -0.05) is 200 Å². The standard InChI is InChI=1S/C17H27N.C14H22.2C13H21N/c1-16(2,3)15-8-7-14-12-18(17(4,5)6)10-9-13(14)11-15;1-13(2,3)11-7-9-12(10-8-11)14(4,5)6;2*1-12(2,3)10-7-8-11(14-9-10)13(4,5)6/h7-8,11H,9-10,12H2,1-6H3;7-10H,1-6H3;2*7-9H,1-6H3. The highest BCUT2D eigenvalue weighted by Crippen LogP contribution is 2.31. The van der Waals surface area contributed by atoms with E-state index in [1.54, 1.807) is 5.56 Å². The van der Waals surface area contributed by atoms with E-state index in [9.17, 15) is 0 Å². The fraction of sp³-hybridized carbons (Fsp3) is 0.614. The van der Waals surface area contributed by atoms with Gasteiger partial charge in [0.05, 0.1) is 0 Å². The normalized spacial score (nSPS) is 14.4. The molecule has 0 fully saturated rings. The number of benzene rings is 2. The van der Waals surface area contributed by atoms with E-state index in [-0.39, 0.29) is 43.4 Å². The maximum atomic E-state index is 4.52. The van der Waals surface area contributed by atoms with E-state index in [0.717, 1.165) is 17.9 Å². The van der Waals surface area contributed by atoms with Crippen LogP contribution in [0.4, 0.5) is 0 Å². The summed E-state index contributed by atoms with van der Waals surface area (Å²) >= 11 is 0. The van der Waals surface area contributed by atoms with Gasteiger partial charge < -0.3 is 0 Å². The number of rotatable bonds is 0. The molecule has 0 amide bonds. The first-order valence-electron chi connectivity index (χ1n) is 22.7. The SMILES string of the molecule is CC(C)(C)c1ccc(C(C)(C)C)cc1.CC(C)(C)c1ccc(C(C)(C)C)nc1.CC(C)(C)c1ccc(C(C)(C)C)nc1.CC(C)(C)c1ccc2c(c1)CCN(C(C)(C)C)C2. The Morgan fingerprint density at radius 2 is 0.667 bits per heavy atom. The molecule has 0 bridgehead atoms. The lowest BCUT2D eigenvalue weighted by molar-refractivity contribution is 0.121. The summed E-state index contributed by atoms with van der Waals surface area (Å²) in [6.45, 7) is 55.9. The average molecular weight is 818 g/mol. The molecule has 4 aromatic rings. The summed E-state index contributed by atoms with van der Waals surface area (Å²) in [6, 6.07) is 24.7. The number of pyridine rings is 2. The zero-order valence-electron chi connectivity index (χ0n) is 43.5. The van der Waals surface area contributed by atoms with E-state index in [0.29, 0.717) is 0 Å². The summed E-state index contributed by atoms with van der Waals surface area (Å²) in [5, 5.41) is 0. The zero-order valence-corrected chi connectivity index (χ0v) is 43.5. The average Bonchev–Trinajstić information content (AvgIpc) is 3.09. The molecule has 0 aliphatic carbocycles. The molecule has 0 unspecified atom stereocenters. The summed E-state index contributed by atoms with van der Waals surface area (Å²) in [5.74, 6) is 0. The fourth-order valence-electron chi connectivity index (χ4n) is 6.62. The third kappa shape index (κ3) is 16.9. The molecule has 1 aliphatic heterocycles. The second kappa shape index (κ2) is 19.4. The van der Waals surface area contributed by atoms with Crippen LogP contribution in [-0.2, 0) is 50.9 Å². The van der Waals surface area contributed by atoms with Gasteiger partial charge in [0.1, 0.15) is 0 Å². The first-order valence-corrected chi connectivity index (χ1v) is 22.7. The first-order chi connectivity index (χ1) is 26.8. The van der Waals surface area contributed by atoms with Crippen LogP contribution in [0, 0.1) is 0 Å². The number of aromatic nitrogens is 2. The summed E-state index contributed by atoms with van der Waals surface area (Å²) in [7, 11) is 0. The molecule has 2 aromatic carbocycles. The van der Waals surface area contributed by atoms with Crippen LogP contribution in [0.5, 0.6) is 0 Å². The van der Waals surface area contributed by atoms with Gasteiger partial charge in [-0.2, -0.15) is 0 Å². The number of fused-ring (bicyclic) bond motifs is 1. The lowest BCUT2D eigenvalue weighted by Crippen LogP contribution is -2.44. The van der Waals surface area contributed by atoms with Crippen molar-refractivity contribution in [2.45, 2.75) is 223 Å². The molecule has 3 heterocycles. The van der Waals surface area contributed by atoms with Crippen molar-refractivity contribution in [3.05, 3.63) is 129 Å². The highest BCUT2D eigenvalue weighted by molar-refractivity contribution is 5.37. The fourth-order valence-corrected chi connectivity index (χ4v) is 6.62. The second-order valence-electron chi connectivity index (χ2n) is 25.5. The van der Waals surface area contributed by atoms with Crippen LogP contribution in [0.3, 0.4) is 0 Å². The van der Waals surface area contributed by atoms with Gasteiger partial charge in [-0.25, -0.2) is 0 Å². The molecule has 0 saturated carbocycles. The van der Waals surface area contributed by atoms with E-state index >= 15 is 0 Å². The molecular formula is C57H91N3. The number of hydrogen-bond acceptors (Lipinski definition) is 3. The predicted molar refractivity (Wildman–Crippen MR) is 266 cm³/mol. The van der Waals surface area contributed by atoms with Gasteiger partial charge in [-0.3, -0.25) is 14.9 Å². The molecule has 334 valence electrons. The van der Waals surface area contributed by atoms with Crippen molar-refractivity contribution < 1.29 is 0 Å². The lowest BCUT2D eigenvalue weighted by Gasteiger charge is -2.39. The largest absolute Gasteiger partial charge is 0.294 e. The quantitative estimate of drug-likeness (QED) is 0.177. The van der Waals surface area contributed by atoms with Crippen LogP contribution in [0.15, 0.2) is 79.1 Å². The third-order valence-corrected chi connectivity index (χ3v) is 11.4. The number of nitrogens with zero attached hydrogens (tertiary/aromatic N) is 3. The van der Waals surface area contributed by atoms with E-state index in [1.807, 2.05) is 12.4 Å². The molecule has 5 rings (SSSR count). The zero-order chi connectivity index (χ0) is 46.5. The molecule has 0 spiro atoms. The Balaban J connectivity index is 0.000000278. The summed E-state index contributed by atoms with van der Waals surface area (Å²) in [4.78, 5) is 11.6. The Morgan fingerprint density at radius 3 is 0.933 bits per heavy atom. The van der Waals surface area contributed by atoms with Gasteiger partial charge in [-0.05, 0) is 105 Å². The van der Waals surface area contributed by atoms with Crippen LogP contribution in [0.1, 0.15) is 217 Å². The molecule has 1 aliphatic rings. The second-order valence-corrected chi connectivity index (χ2v) is 25.5. The van der Waals surface area contributed by atoms with Crippen LogP contribution in [0.25, 0.3) is 0 Å². The Kier molecular flexibility index (Phi) is 17.1. The molecule has 3 heteroatoms. The van der Waals surface area contributed by atoms with Gasteiger partial charge in [-0.15, -0.1) is 0 Å². The molecule has 2 aromatic heterocycles. The van der Waals surface area contributed by atoms with Crippen molar-refractivity contribution >= 4 is 0 Å². The third-order valence-electron chi connectivity index (χ3n) is 11.4. The minimum atomic E-state index is 0.149. The molecule has 3 nitrogen and oxygen atoms in total. The highest BCUT2D eigenvalue weighted by atomic mass is 15.2. The van der Waals surface area contributed by atoms with Crippen molar-refractivity contribution in [3.63, 3.8) is 0 Å². The Hall–Kier alpha value is -3.30. The molecule has 0 saturated heterocycles. The van der Waals surface area contributed by atoms with Crippen LogP contribution in [-0.4, -0.2) is 27.0 Å². The summed E-state index contributed by atoms with van der Waals surface area (Å²) < 4.78 is 0. The van der Waals surface area contributed by atoms with Crippen LogP contribution < -0.4 is 0 Å². The van der Waals surface area contributed by atoms with E-state index in [4.69, 9.17) is 0 Å². The van der Waals surface area contributed by atoms with E-state index in [1.165, 1.54) is 46.3 Å². The van der Waals surface area contributed by atoms with Gasteiger partial charge in [0.15, 0.2) is 0 Å². The molecule has 0 N–H and O–H groups in total. The summed E-state index contributed by atoms with van der Waals surface area (Å²) in [6.07, 6.45) is 5.19. The van der Waals surface area contributed by atoms with Crippen LogP contribution >= 0.6 is 0 Å². The number of hydrogen-bond donors (Lipinski definition) is 0. The van der Waals surface area contributed by atoms with Crippen molar-refractivity contribution in [2.75, 3.05) is 6.54 Å². The maximum Gasteiger partial charge on any atom is 0.0457 e. The Labute approximate surface area is 372 Å². The summed E-state index contributed by atoms with van der Waals surface area (Å²) in [5.41, 5.74) is 14.0. The van der Waals surface area contributed by atoms with Crippen molar-refractivity contribution in [1.82, 2.24) is 14.9 Å². The first kappa shape index (κ1) is 52.8. The van der Waals surface area contributed by atoms with Gasteiger partial charge in [0, 0.05) is 53.2 Å².